The Bertz CT molecular complexity index is 705. The van der Waals surface area contributed by atoms with E-state index in [0.29, 0.717) is 35.4 Å². The molecule has 126 valence electrons. The van der Waals surface area contributed by atoms with Gasteiger partial charge in [0.05, 0.1) is 0 Å². The van der Waals surface area contributed by atoms with Crippen LogP contribution in [0.15, 0.2) is 30.3 Å². The molecule has 1 saturated heterocycles. The Morgan fingerprint density at radius 2 is 1.83 bits per heavy atom. The molecule has 0 unspecified atom stereocenters. The lowest BCUT2D eigenvalue weighted by Crippen LogP contribution is -2.41. The van der Waals surface area contributed by atoms with Crippen LogP contribution in [0.1, 0.15) is 34.7 Å². The third-order valence-corrected chi connectivity index (χ3v) is 4.30. The molecule has 2 aromatic rings. The SMILES string of the molecule is Cc1cc(OC2CCN(C(=O)c3ccc(Cl)cc3)CC2)nc(C)n1. The van der Waals surface area contributed by atoms with Crippen LogP contribution in [0.3, 0.4) is 0 Å². The summed E-state index contributed by atoms with van der Waals surface area (Å²) in [6.45, 7) is 5.13. The molecule has 0 bridgehead atoms. The number of aryl methyl sites for hydroxylation is 2. The Labute approximate surface area is 146 Å². The van der Waals surface area contributed by atoms with E-state index in [0.717, 1.165) is 18.5 Å². The number of benzene rings is 1. The van der Waals surface area contributed by atoms with Gasteiger partial charge in [0, 0.05) is 48.3 Å². The van der Waals surface area contributed by atoms with Gasteiger partial charge in [0.2, 0.25) is 5.88 Å². The van der Waals surface area contributed by atoms with Crippen molar-refractivity contribution in [3.05, 3.63) is 52.4 Å². The van der Waals surface area contributed by atoms with E-state index in [1.54, 1.807) is 24.3 Å². The lowest BCUT2D eigenvalue weighted by Gasteiger charge is -2.32. The maximum atomic E-state index is 12.5. The standard InChI is InChI=1S/C18H20ClN3O2/c1-12-11-17(21-13(2)20-12)24-16-7-9-22(10-8-16)18(23)14-3-5-15(19)6-4-14/h3-6,11,16H,7-10H2,1-2H3. The van der Waals surface area contributed by atoms with Crippen molar-refractivity contribution in [3.63, 3.8) is 0 Å². The van der Waals surface area contributed by atoms with Crippen LogP contribution in [0, 0.1) is 13.8 Å². The molecule has 0 saturated carbocycles. The maximum absolute atomic E-state index is 12.5. The number of carbonyl (C=O) groups excluding carboxylic acids is 1. The molecule has 0 N–H and O–H groups in total. The number of piperidine rings is 1. The summed E-state index contributed by atoms with van der Waals surface area (Å²) >= 11 is 5.87. The molecule has 1 aromatic heterocycles. The monoisotopic (exact) mass is 345 g/mol. The maximum Gasteiger partial charge on any atom is 0.253 e. The predicted octanol–water partition coefficient (Wildman–Crippen LogP) is 3.43. The molecule has 1 fully saturated rings. The molecular weight excluding hydrogens is 326 g/mol. The number of halogens is 1. The van der Waals surface area contributed by atoms with Gasteiger partial charge < -0.3 is 9.64 Å². The van der Waals surface area contributed by atoms with Gasteiger partial charge in [-0.05, 0) is 38.1 Å². The van der Waals surface area contributed by atoms with Crippen molar-refractivity contribution in [1.82, 2.24) is 14.9 Å². The van der Waals surface area contributed by atoms with Gasteiger partial charge >= 0.3 is 0 Å². The molecule has 1 aliphatic rings. The molecule has 2 heterocycles. The Morgan fingerprint density at radius 3 is 2.46 bits per heavy atom. The zero-order valence-corrected chi connectivity index (χ0v) is 14.6. The number of ether oxygens (including phenoxy) is 1. The van der Waals surface area contributed by atoms with Gasteiger partial charge in [-0.2, -0.15) is 4.98 Å². The van der Waals surface area contributed by atoms with Crippen LogP contribution < -0.4 is 4.74 Å². The van der Waals surface area contributed by atoms with Gasteiger partial charge in [-0.25, -0.2) is 4.98 Å². The number of amides is 1. The first-order valence-corrected chi connectivity index (χ1v) is 8.43. The molecular formula is C18H20ClN3O2. The second kappa shape index (κ2) is 7.18. The number of hydrogen-bond donors (Lipinski definition) is 0. The average molecular weight is 346 g/mol. The van der Waals surface area contributed by atoms with Crippen molar-refractivity contribution in [2.45, 2.75) is 32.8 Å². The summed E-state index contributed by atoms with van der Waals surface area (Å²) < 4.78 is 5.96. The number of likely N-dealkylation sites (tertiary alicyclic amines) is 1. The fourth-order valence-corrected chi connectivity index (χ4v) is 2.99. The number of aromatic nitrogens is 2. The summed E-state index contributed by atoms with van der Waals surface area (Å²) in [6, 6.07) is 8.85. The van der Waals surface area contributed by atoms with Gasteiger partial charge in [-0.3, -0.25) is 4.79 Å². The third-order valence-electron chi connectivity index (χ3n) is 4.05. The molecule has 5 nitrogen and oxygen atoms in total. The first kappa shape index (κ1) is 16.7. The van der Waals surface area contributed by atoms with Crippen molar-refractivity contribution in [3.8, 4) is 5.88 Å². The summed E-state index contributed by atoms with van der Waals surface area (Å²) in [7, 11) is 0. The van der Waals surface area contributed by atoms with Gasteiger partial charge in [0.15, 0.2) is 0 Å². The zero-order valence-electron chi connectivity index (χ0n) is 13.8. The minimum Gasteiger partial charge on any atom is -0.474 e. The fourth-order valence-electron chi connectivity index (χ4n) is 2.87. The van der Waals surface area contributed by atoms with Crippen molar-refractivity contribution in [2.24, 2.45) is 0 Å². The molecule has 1 aromatic carbocycles. The predicted molar refractivity (Wildman–Crippen MR) is 92.5 cm³/mol. The highest BCUT2D eigenvalue weighted by Crippen LogP contribution is 2.20. The first-order valence-electron chi connectivity index (χ1n) is 8.05. The second-order valence-electron chi connectivity index (χ2n) is 6.01. The van der Waals surface area contributed by atoms with Gasteiger partial charge in [0.25, 0.3) is 5.91 Å². The molecule has 3 rings (SSSR count). The van der Waals surface area contributed by atoms with Crippen molar-refractivity contribution >= 4 is 17.5 Å². The Hall–Kier alpha value is -2.14. The lowest BCUT2D eigenvalue weighted by molar-refractivity contribution is 0.0587. The van der Waals surface area contributed by atoms with E-state index >= 15 is 0 Å². The van der Waals surface area contributed by atoms with Crippen LogP contribution in [-0.4, -0.2) is 40.0 Å². The van der Waals surface area contributed by atoms with Crippen molar-refractivity contribution < 1.29 is 9.53 Å². The lowest BCUT2D eigenvalue weighted by atomic mass is 10.1. The average Bonchev–Trinajstić information content (AvgIpc) is 2.55. The molecule has 0 atom stereocenters. The second-order valence-corrected chi connectivity index (χ2v) is 6.45. The van der Waals surface area contributed by atoms with E-state index in [1.165, 1.54) is 0 Å². The quantitative estimate of drug-likeness (QED) is 0.855. The van der Waals surface area contributed by atoms with Gasteiger partial charge in [-0.15, -0.1) is 0 Å². The number of rotatable bonds is 3. The minimum absolute atomic E-state index is 0.0406. The van der Waals surface area contributed by atoms with Crippen LogP contribution in [0.25, 0.3) is 0 Å². The molecule has 0 aliphatic carbocycles. The Kier molecular flexibility index (Phi) is 5.00. The molecule has 6 heteroatoms. The van der Waals surface area contributed by atoms with Gasteiger partial charge in [0.1, 0.15) is 11.9 Å². The highest BCUT2D eigenvalue weighted by molar-refractivity contribution is 6.30. The van der Waals surface area contributed by atoms with E-state index in [9.17, 15) is 4.79 Å². The fraction of sp³-hybridized carbons (Fsp3) is 0.389. The molecule has 1 amide bonds. The number of carbonyl (C=O) groups is 1. The largest absolute Gasteiger partial charge is 0.474 e. The van der Waals surface area contributed by atoms with Crippen LogP contribution in [0.5, 0.6) is 5.88 Å². The first-order chi connectivity index (χ1) is 11.5. The highest BCUT2D eigenvalue weighted by atomic mass is 35.5. The normalized spacial score (nSPS) is 15.4. The van der Waals surface area contributed by atoms with E-state index in [1.807, 2.05) is 24.8 Å². The van der Waals surface area contributed by atoms with Gasteiger partial charge in [-0.1, -0.05) is 11.6 Å². The third kappa shape index (κ3) is 4.03. The van der Waals surface area contributed by atoms with E-state index in [2.05, 4.69) is 9.97 Å². The van der Waals surface area contributed by atoms with Crippen LogP contribution >= 0.6 is 11.6 Å². The molecule has 0 radical (unpaired) electrons. The summed E-state index contributed by atoms with van der Waals surface area (Å²) in [5, 5.41) is 0.633. The van der Waals surface area contributed by atoms with Crippen LogP contribution in [0.2, 0.25) is 5.02 Å². The van der Waals surface area contributed by atoms with E-state index in [4.69, 9.17) is 16.3 Å². The van der Waals surface area contributed by atoms with Crippen molar-refractivity contribution in [1.29, 1.82) is 0 Å². The topological polar surface area (TPSA) is 55.3 Å². The van der Waals surface area contributed by atoms with E-state index < -0.39 is 0 Å². The van der Waals surface area contributed by atoms with E-state index in [-0.39, 0.29) is 12.0 Å². The molecule has 0 spiro atoms. The van der Waals surface area contributed by atoms with Crippen LogP contribution in [0.4, 0.5) is 0 Å². The number of hydrogen-bond acceptors (Lipinski definition) is 4. The Morgan fingerprint density at radius 1 is 1.17 bits per heavy atom. The summed E-state index contributed by atoms with van der Waals surface area (Å²) in [4.78, 5) is 22.9. The minimum atomic E-state index is 0.0406. The Balaban J connectivity index is 1.57. The smallest absolute Gasteiger partial charge is 0.253 e. The highest BCUT2D eigenvalue weighted by Gasteiger charge is 2.25. The summed E-state index contributed by atoms with van der Waals surface area (Å²) in [6.07, 6.45) is 1.66. The molecule has 24 heavy (non-hydrogen) atoms. The van der Waals surface area contributed by atoms with Crippen LogP contribution in [-0.2, 0) is 0 Å². The van der Waals surface area contributed by atoms with Crippen molar-refractivity contribution in [2.75, 3.05) is 13.1 Å². The molecule has 1 aliphatic heterocycles. The summed E-state index contributed by atoms with van der Waals surface area (Å²) in [5.74, 6) is 1.36. The number of nitrogens with zero attached hydrogens (tertiary/aromatic N) is 3. The zero-order chi connectivity index (χ0) is 17.1. The summed E-state index contributed by atoms with van der Waals surface area (Å²) in [5.41, 5.74) is 1.56.